The first-order chi connectivity index (χ1) is 11.3. The van der Waals surface area contributed by atoms with E-state index in [2.05, 4.69) is 40.9 Å². The molecule has 0 N–H and O–H groups in total. The maximum Gasteiger partial charge on any atom is 0.134 e. The van der Waals surface area contributed by atoms with Crippen LogP contribution in [0.4, 0.5) is 5.82 Å². The number of anilines is 1. The fourth-order valence-electron chi connectivity index (χ4n) is 3.10. The zero-order valence-corrected chi connectivity index (χ0v) is 16.1. The summed E-state index contributed by atoms with van der Waals surface area (Å²) in [6.07, 6.45) is 5.53. The summed E-state index contributed by atoms with van der Waals surface area (Å²) in [5, 5.41) is 0. The van der Waals surface area contributed by atoms with Gasteiger partial charge in [0.25, 0.3) is 0 Å². The maximum atomic E-state index is 6.22. The average Bonchev–Trinajstić information content (AvgIpc) is 2.94. The number of ether oxygens (including phenoxy) is 1. The van der Waals surface area contributed by atoms with Crippen molar-refractivity contribution in [3.63, 3.8) is 0 Å². The molecule has 1 aromatic rings. The Morgan fingerprint density at radius 3 is 2.46 bits per heavy atom. The quantitative estimate of drug-likeness (QED) is 0.716. The minimum atomic E-state index is 0.245. The van der Waals surface area contributed by atoms with E-state index in [1.807, 2.05) is 32.1 Å². The Labute approximate surface area is 146 Å². The molecule has 0 aliphatic carbocycles. The van der Waals surface area contributed by atoms with Crippen molar-refractivity contribution < 1.29 is 4.74 Å². The molecule has 2 atom stereocenters. The minimum Gasteiger partial charge on any atom is -0.373 e. The molecule has 0 radical (unpaired) electrons. The number of aryl methyl sites for hydroxylation is 1. The first kappa shape index (κ1) is 19.1. The molecule has 6 heteroatoms. The van der Waals surface area contributed by atoms with Crippen molar-refractivity contribution in [3.05, 3.63) is 17.6 Å². The molecule has 1 fully saturated rings. The molecule has 0 spiro atoms. The Bertz CT molecular complexity index is 520. The van der Waals surface area contributed by atoms with Gasteiger partial charge in [0, 0.05) is 51.9 Å². The zero-order chi connectivity index (χ0) is 17.7. The van der Waals surface area contributed by atoms with E-state index in [4.69, 9.17) is 4.74 Å². The predicted molar refractivity (Wildman–Crippen MR) is 98.7 cm³/mol. The number of likely N-dealkylation sites (N-methyl/N-ethyl adjacent to an activating group) is 2. The molecule has 2 heterocycles. The normalized spacial score (nSPS) is 21.0. The molecular formula is C18H33N5O. The lowest BCUT2D eigenvalue weighted by molar-refractivity contribution is 0.0263. The molecular weight excluding hydrogens is 302 g/mol. The number of hydrogen-bond acceptors (Lipinski definition) is 6. The topological polar surface area (TPSA) is 44.7 Å². The molecule has 0 aromatic carbocycles. The lowest BCUT2D eigenvalue weighted by Crippen LogP contribution is -2.34. The van der Waals surface area contributed by atoms with E-state index < -0.39 is 0 Å². The third kappa shape index (κ3) is 5.69. The monoisotopic (exact) mass is 335 g/mol. The summed E-state index contributed by atoms with van der Waals surface area (Å²) in [6, 6.07) is 0. The molecule has 6 nitrogen and oxygen atoms in total. The maximum absolute atomic E-state index is 6.22. The number of hydrogen-bond donors (Lipinski definition) is 0. The molecule has 24 heavy (non-hydrogen) atoms. The number of rotatable bonds is 8. The highest BCUT2D eigenvalue weighted by atomic mass is 16.5. The highest BCUT2D eigenvalue weighted by Gasteiger charge is 2.27. The van der Waals surface area contributed by atoms with Crippen LogP contribution in [0.3, 0.4) is 0 Å². The Kier molecular flexibility index (Phi) is 6.95. The largest absolute Gasteiger partial charge is 0.373 e. The van der Waals surface area contributed by atoms with E-state index in [1.54, 1.807) is 0 Å². The van der Waals surface area contributed by atoms with E-state index >= 15 is 0 Å². The highest BCUT2D eigenvalue weighted by molar-refractivity contribution is 5.43. The summed E-state index contributed by atoms with van der Waals surface area (Å²) < 4.78 is 6.22. The average molecular weight is 335 g/mol. The van der Waals surface area contributed by atoms with Gasteiger partial charge in [0.05, 0.1) is 12.2 Å². The number of aromatic nitrogens is 2. The molecule has 2 rings (SSSR count). The van der Waals surface area contributed by atoms with Gasteiger partial charge in [-0.2, -0.15) is 0 Å². The second-order valence-electron chi connectivity index (χ2n) is 7.41. The van der Waals surface area contributed by atoms with Gasteiger partial charge in [0.2, 0.25) is 0 Å². The van der Waals surface area contributed by atoms with Crippen LogP contribution in [0, 0.1) is 6.92 Å². The summed E-state index contributed by atoms with van der Waals surface area (Å²) in [7, 11) is 10.4. The van der Waals surface area contributed by atoms with Gasteiger partial charge in [-0.15, -0.1) is 0 Å². The van der Waals surface area contributed by atoms with Crippen LogP contribution < -0.4 is 4.90 Å². The van der Waals surface area contributed by atoms with E-state index in [1.165, 1.54) is 0 Å². The van der Waals surface area contributed by atoms with Crippen LogP contribution in [0.5, 0.6) is 0 Å². The molecule has 1 aliphatic heterocycles. The second kappa shape index (κ2) is 8.74. The van der Waals surface area contributed by atoms with Crippen LogP contribution >= 0.6 is 0 Å². The summed E-state index contributed by atoms with van der Waals surface area (Å²) in [5.74, 6) is 1.88. The molecule has 1 aliphatic rings. The van der Waals surface area contributed by atoms with Crippen molar-refractivity contribution >= 4 is 5.82 Å². The Morgan fingerprint density at radius 2 is 1.79 bits per heavy atom. The van der Waals surface area contributed by atoms with Gasteiger partial charge in [-0.1, -0.05) is 0 Å². The first-order valence-electron chi connectivity index (χ1n) is 8.83. The van der Waals surface area contributed by atoms with Gasteiger partial charge in [-0.05, 0) is 40.9 Å². The van der Waals surface area contributed by atoms with E-state index in [9.17, 15) is 0 Å². The van der Waals surface area contributed by atoms with E-state index in [0.717, 1.165) is 56.1 Å². The first-order valence-corrected chi connectivity index (χ1v) is 8.83. The summed E-state index contributed by atoms with van der Waals surface area (Å²) in [6.45, 7) is 5.20. The van der Waals surface area contributed by atoms with Gasteiger partial charge in [0.15, 0.2) is 0 Å². The third-order valence-electron chi connectivity index (χ3n) is 4.47. The minimum absolute atomic E-state index is 0.245. The Hall–Kier alpha value is -1.24. The van der Waals surface area contributed by atoms with Crippen molar-refractivity contribution in [3.8, 4) is 0 Å². The van der Waals surface area contributed by atoms with Gasteiger partial charge >= 0.3 is 0 Å². The van der Waals surface area contributed by atoms with E-state index in [-0.39, 0.29) is 6.10 Å². The van der Waals surface area contributed by atoms with Gasteiger partial charge < -0.3 is 19.4 Å². The second-order valence-corrected chi connectivity index (χ2v) is 7.41. The molecule has 1 aromatic heterocycles. The Morgan fingerprint density at radius 1 is 1.08 bits per heavy atom. The highest BCUT2D eigenvalue weighted by Crippen LogP contribution is 2.23. The Balaban J connectivity index is 1.82. The fourth-order valence-corrected chi connectivity index (χ4v) is 3.10. The van der Waals surface area contributed by atoms with Crippen molar-refractivity contribution in [2.45, 2.75) is 38.4 Å². The molecule has 1 saturated heterocycles. The van der Waals surface area contributed by atoms with Gasteiger partial charge in [0.1, 0.15) is 11.6 Å². The van der Waals surface area contributed by atoms with Crippen molar-refractivity contribution in [1.82, 2.24) is 19.8 Å². The van der Waals surface area contributed by atoms with Crippen molar-refractivity contribution in [1.29, 1.82) is 0 Å². The lowest BCUT2D eigenvalue weighted by atomic mass is 10.1. The zero-order valence-electron chi connectivity index (χ0n) is 16.1. The molecule has 136 valence electrons. The van der Waals surface area contributed by atoms with Crippen LogP contribution in [-0.2, 0) is 11.2 Å². The summed E-state index contributed by atoms with van der Waals surface area (Å²) in [5.41, 5.74) is 1.11. The van der Waals surface area contributed by atoms with E-state index in [0.29, 0.717) is 6.10 Å². The molecule has 0 amide bonds. The summed E-state index contributed by atoms with van der Waals surface area (Å²) >= 11 is 0. The molecule has 0 saturated carbocycles. The van der Waals surface area contributed by atoms with Crippen LogP contribution in [0.2, 0.25) is 0 Å². The molecule has 0 bridgehead atoms. The third-order valence-corrected chi connectivity index (χ3v) is 4.47. The fraction of sp³-hybridized carbons (Fsp3) is 0.778. The predicted octanol–water partition coefficient (Wildman–Crippen LogP) is 1.43. The van der Waals surface area contributed by atoms with Crippen LogP contribution in [0.15, 0.2) is 6.20 Å². The van der Waals surface area contributed by atoms with Crippen molar-refractivity contribution in [2.24, 2.45) is 0 Å². The molecule has 0 unspecified atom stereocenters. The smallest absolute Gasteiger partial charge is 0.134 e. The summed E-state index contributed by atoms with van der Waals surface area (Å²) in [4.78, 5) is 15.8. The standard InChI is InChI=1S/C18H33N5O/c1-14-12-19-17(20-18(14)22(4)5)11-15-7-8-16(24-15)13-23(6)10-9-21(2)3/h12,15-16H,7-11,13H2,1-6H3/t15-,16+/m0/s1. The van der Waals surface area contributed by atoms with Crippen LogP contribution in [0.25, 0.3) is 0 Å². The SMILES string of the molecule is Cc1cnc(C[C@@H]2CC[C@H](CN(C)CCN(C)C)O2)nc1N(C)C. The van der Waals surface area contributed by atoms with Crippen LogP contribution in [-0.4, -0.2) is 86.8 Å². The van der Waals surface area contributed by atoms with Gasteiger partial charge in [-0.25, -0.2) is 9.97 Å². The lowest BCUT2D eigenvalue weighted by Gasteiger charge is -2.23. The van der Waals surface area contributed by atoms with Crippen LogP contribution in [0.1, 0.15) is 24.2 Å². The number of nitrogens with zero attached hydrogens (tertiary/aromatic N) is 5. The van der Waals surface area contributed by atoms with Gasteiger partial charge in [-0.3, -0.25) is 0 Å². The van der Waals surface area contributed by atoms with Crippen molar-refractivity contribution in [2.75, 3.05) is 59.8 Å².